The predicted octanol–water partition coefficient (Wildman–Crippen LogP) is 5.07. The zero-order chi connectivity index (χ0) is 12.6. The Bertz CT molecular complexity index is 295. The molecule has 17 heavy (non-hydrogen) atoms. The Morgan fingerprint density at radius 1 is 0.941 bits per heavy atom. The molecule has 0 bridgehead atoms. The summed E-state index contributed by atoms with van der Waals surface area (Å²) in [6.07, 6.45) is 8.12. The van der Waals surface area contributed by atoms with Crippen LogP contribution >= 0.6 is 11.1 Å². The predicted molar refractivity (Wildman–Crippen MR) is 81.7 cm³/mol. The fraction of sp³-hybridized carbons (Fsp3) is 0.600. The highest BCUT2D eigenvalue weighted by Gasteiger charge is 2.25. The Kier molecular flexibility index (Phi) is 6.91. The van der Waals surface area contributed by atoms with Gasteiger partial charge < -0.3 is 0 Å². The van der Waals surface area contributed by atoms with E-state index in [1.54, 1.807) is 0 Å². The molecule has 0 aliphatic carbocycles. The van der Waals surface area contributed by atoms with Crippen LogP contribution in [0.4, 0.5) is 0 Å². The fourth-order valence-electron chi connectivity index (χ4n) is 2.17. The van der Waals surface area contributed by atoms with E-state index < -0.39 is 7.38 Å². The van der Waals surface area contributed by atoms with Crippen LogP contribution in [0.15, 0.2) is 30.3 Å². The van der Waals surface area contributed by atoms with E-state index in [9.17, 15) is 0 Å². The average Bonchev–Trinajstić information content (AvgIpc) is 2.35. The zero-order valence-corrected chi connectivity index (χ0v) is 13.0. The molecule has 1 rings (SSSR count). The summed E-state index contributed by atoms with van der Waals surface area (Å²) in [6.45, 7) is 4.54. The highest BCUT2D eigenvalue weighted by molar-refractivity contribution is 7.26. The van der Waals surface area contributed by atoms with Gasteiger partial charge in [0.1, 0.15) is 0 Å². The van der Waals surface area contributed by atoms with Crippen molar-refractivity contribution in [3.8, 4) is 0 Å². The largest absolute Gasteiger partial charge is 0.183 e. The molecule has 0 heterocycles. The lowest BCUT2D eigenvalue weighted by Crippen LogP contribution is -2.38. The lowest BCUT2D eigenvalue weighted by Gasteiger charge is -2.19. The third kappa shape index (κ3) is 5.74. The first-order valence-electron chi connectivity index (χ1n) is 6.91. The SMILES string of the molecule is CCCCCCCC[Si](C)(Cl)c1ccccc1. The maximum Gasteiger partial charge on any atom is 0.183 e. The van der Waals surface area contributed by atoms with Crippen LogP contribution in [0.5, 0.6) is 0 Å². The van der Waals surface area contributed by atoms with E-state index in [0.29, 0.717) is 0 Å². The summed E-state index contributed by atoms with van der Waals surface area (Å²) < 4.78 is 0. The molecule has 0 aromatic heterocycles. The lowest BCUT2D eigenvalue weighted by molar-refractivity contribution is 0.623. The topological polar surface area (TPSA) is 0 Å². The summed E-state index contributed by atoms with van der Waals surface area (Å²) in [5, 5.41) is 1.38. The first kappa shape index (κ1) is 14.8. The van der Waals surface area contributed by atoms with Crippen molar-refractivity contribution < 1.29 is 0 Å². The summed E-state index contributed by atoms with van der Waals surface area (Å²) in [6, 6.07) is 11.9. The average molecular weight is 269 g/mol. The molecule has 0 nitrogen and oxygen atoms in total. The van der Waals surface area contributed by atoms with Gasteiger partial charge in [-0.1, -0.05) is 82.3 Å². The number of halogens is 1. The summed E-state index contributed by atoms with van der Waals surface area (Å²) in [5.41, 5.74) is 0. The van der Waals surface area contributed by atoms with Crippen molar-refractivity contribution in [1.82, 2.24) is 0 Å². The second-order valence-electron chi connectivity index (χ2n) is 5.08. The van der Waals surface area contributed by atoms with E-state index in [2.05, 4.69) is 43.8 Å². The molecule has 0 amide bonds. The van der Waals surface area contributed by atoms with Crippen molar-refractivity contribution in [2.75, 3.05) is 0 Å². The normalized spacial score (nSPS) is 14.5. The van der Waals surface area contributed by atoms with Gasteiger partial charge in [-0.25, -0.2) is 0 Å². The second-order valence-corrected chi connectivity index (χ2v) is 11.1. The van der Waals surface area contributed by atoms with Gasteiger partial charge >= 0.3 is 0 Å². The summed E-state index contributed by atoms with van der Waals surface area (Å²) in [4.78, 5) is 0. The molecule has 1 aromatic rings. The van der Waals surface area contributed by atoms with Crippen LogP contribution in [0.25, 0.3) is 0 Å². The van der Waals surface area contributed by atoms with Gasteiger partial charge in [-0.05, 0) is 11.2 Å². The van der Waals surface area contributed by atoms with Crippen molar-refractivity contribution in [2.24, 2.45) is 0 Å². The minimum absolute atomic E-state index is 1.21. The van der Waals surface area contributed by atoms with Gasteiger partial charge in [0.25, 0.3) is 0 Å². The monoisotopic (exact) mass is 268 g/mol. The Labute approximate surface area is 112 Å². The number of rotatable bonds is 8. The van der Waals surface area contributed by atoms with Crippen LogP contribution in [0.1, 0.15) is 45.4 Å². The lowest BCUT2D eigenvalue weighted by atomic mass is 10.1. The van der Waals surface area contributed by atoms with Gasteiger partial charge in [0.2, 0.25) is 0 Å². The Balaban J connectivity index is 2.26. The fourth-order valence-corrected chi connectivity index (χ4v) is 5.04. The highest BCUT2D eigenvalue weighted by atomic mass is 35.6. The third-order valence-corrected chi connectivity index (χ3v) is 7.43. The van der Waals surface area contributed by atoms with Crippen molar-refractivity contribution >= 4 is 23.6 Å². The second kappa shape index (κ2) is 7.94. The van der Waals surface area contributed by atoms with Crippen molar-refractivity contribution in [3.63, 3.8) is 0 Å². The van der Waals surface area contributed by atoms with Crippen molar-refractivity contribution in [2.45, 2.75) is 58.0 Å². The summed E-state index contributed by atoms with van der Waals surface area (Å²) in [7, 11) is -1.68. The first-order chi connectivity index (χ1) is 8.17. The van der Waals surface area contributed by atoms with Gasteiger partial charge in [0, 0.05) is 0 Å². The minimum atomic E-state index is -1.68. The van der Waals surface area contributed by atoms with Crippen LogP contribution in [-0.4, -0.2) is 7.38 Å². The molecule has 96 valence electrons. The smallest absolute Gasteiger partial charge is 0.161 e. The molecular formula is C15H25ClSi. The molecule has 1 atom stereocenters. The highest BCUT2D eigenvalue weighted by Crippen LogP contribution is 2.19. The molecule has 0 saturated heterocycles. The maximum atomic E-state index is 6.74. The number of hydrogen-bond acceptors (Lipinski definition) is 0. The number of benzene rings is 1. The van der Waals surface area contributed by atoms with Crippen LogP contribution < -0.4 is 5.19 Å². The van der Waals surface area contributed by atoms with Crippen LogP contribution in [0.2, 0.25) is 12.6 Å². The molecular weight excluding hydrogens is 244 g/mol. The molecule has 0 saturated carbocycles. The molecule has 2 heteroatoms. The van der Waals surface area contributed by atoms with Crippen molar-refractivity contribution in [1.29, 1.82) is 0 Å². The van der Waals surface area contributed by atoms with E-state index in [0.717, 1.165) is 0 Å². The number of unbranched alkanes of at least 4 members (excludes halogenated alkanes) is 5. The Morgan fingerprint density at radius 2 is 1.53 bits per heavy atom. The number of hydrogen-bond donors (Lipinski definition) is 0. The quantitative estimate of drug-likeness (QED) is 0.351. The van der Waals surface area contributed by atoms with Crippen molar-refractivity contribution in [3.05, 3.63) is 30.3 Å². The van der Waals surface area contributed by atoms with Crippen LogP contribution in [0.3, 0.4) is 0 Å². The van der Waals surface area contributed by atoms with Gasteiger partial charge in [-0.3, -0.25) is 0 Å². The van der Waals surface area contributed by atoms with E-state index in [-0.39, 0.29) is 0 Å². The van der Waals surface area contributed by atoms with E-state index in [1.165, 1.54) is 49.8 Å². The summed E-state index contributed by atoms with van der Waals surface area (Å²) in [5.74, 6) is 0. The van der Waals surface area contributed by atoms with Gasteiger partial charge in [0.15, 0.2) is 7.38 Å². The molecule has 0 aliphatic heterocycles. The molecule has 0 N–H and O–H groups in total. The Hall–Kier alpha value is -0.273. The van der Waals surface area contributed by atoms with Gasteiger partial charge in [-0.15, -0.1) is 0 Å². The van der Waals surface area contributed by atoms with Crippen LogP contribution in [0, 0.1) is 0 Å². The maximum absolute atomic E-state index is 6.74. The zero-order valence-electron chi connectivity index (χ0n) is 11.2. The van der Waals surface area contributed by atoms with E-state index >= 15 is 0 Å². The molecule has 0 aliphatic rings. The minimum Gasteiger partial charge on any atom is -0.161 e. The molecule has 1 aromatic carbocycles. The molecule has 0 spiro atoms. The van der Waals surface area contributed by atoms with Gasteiger partial charge in [0.05, 0.1) is 0 Å². The van der Waals surface area contributed by atoms with E-state index in [4.69, 9.17) is 11.1 Å². The standard InChI is InChI=1S/C15H25ClSi/c1-3-4-5-6-7-11-14-17(2,16)15-12-9-8-10-13-15/h8-10,12-13H,3-7,11,14H2,1-2H3. The van der Waals surface area contributed by atoms with Crippen LogP contribution in [-0.2, 0) is 0 Å². The molecule has 0 fully saturated rings. The third-order valence-electron chi connectivity index (χ3n) is 3.38. The molecule has 1 unspecified atom stereocenters. The van der Waals surface area contributed by atoms with E-state index in [1.807, 2.05) is 0 Å². The van der Waals surface area contributed by atoms with Gasteiger partial charge in [-0.2, -0.15) is 11.1 Å². The first-order valence-corrected chi connectivity index (χ1v) is 10.6. The summed E-state index contributed by atoms with van der Waals surface area (Å²) >= 11 is 6.74. The Morgan fingerprint density at radius 3 is 2.18 bits per heavy atom. The molecule has 0 radical (unpaired) electrons.